The van der Waals surface area contributed by atoms with E-state index in [1.165, 1.54) is 0 Å². The average Bonchev–Trinajstić information content (AvgIpc) is 2.75. The molecule has 0 saturated carbocycles. The summed E-state index contributed by atoms with van der Waals surface area (Å²) in [5, 5.41) is 17.6. The van der Waals surface area contributed by atoms with Crippen molar-refractivity contribution in [3.63, 3.8) is 0 Å². The number of hydrogen-bond donors (Lipinski definition) is 2. The van der Waals surface area contributed by atoms with Crippen molar-refractivity contribution in [2.75, 3.05) is 32.8 Å². The van der Waals surface area contributed by atoms with Gasteiger partial charge in [0.1, 0.15) is 0 Å². The molecular weight excluding hydrogens is 194 g/mol. The van der Waals surface area contributed by atoms with E-state index in [2.05, 4.69) is 9.88 Å². The molecule has 0 amide bonds. The third-order valence-electron chi connectivity index (χ3n) is 2.28. The quantitative estimate of drug-likeness (QED) is 0.614. The van der Waals surface area contributed by atoms with Gasteiger partial charge in [-0.25, -0.2) is 4.98 Å². The summed E-state index contributed by atoms with van der Waals surface area (Å²) >= 11 is 0. The second-order valence-corrected chi connectivity index (χ2v) is 3.44. The van der Waals surface area contributed by atoms with Gasteiger partial charge >= 0.3 is 0 Å². The number of nitrogens with zero attached hydrogens (tertiary/aromatic N) is 3. The van der Waals surface area contributed by atoms with E-state index < -0.39 is 0 Å². The van der Waals surface area contributed by atoms with E-state index in [1.807, 2.05) is 10.8 Å². The van der Waals surface area contributed by atoms with E-state index in [9.17, 15) is 0 Å². The van der Waals surface area contributed by atoms with Gasteiger partial charge in [-0.1, -0.05) is 0 Å². The zero-order valence-electron chi connectivity index (χ0n) is 8.92. The van der Waals surface area contributed by atoms with Crippen molar-refractivity contribution in [1.29, 1.82) is 0 Å². The van der Waals surface area contributed by atoms with E-state index in [0.29, 0.717) is 6.54 Å². The number of imidazole rings is 1. The normalized spacial score (nSPS) is 11.1. The van der Waals surface area contributed by atoms with Gasteiger partial charge in [0, 0.05) is 45.2 Å². The van der Waals surface area contributed by atoms with Gasteiger partial charge in [0.15, 0.2) is 0 Å². The van der Waals surface area contributed by atoms with Crippen molar-refractivity contribution in [2.45, 2.75) is 13.0 Å². The minimum absolute atomic E-state index is 0.162. The molecule has 0 spiro atoms. The number of rotatable bonds is 8. The van der Waals surface area contributed by atoms with Crippen molar-refractivity contribution in [2.24, 2.45) is 0 Å². The standard InChI is InChI=1S/C10H19N3O2/c14-8-1-3-12(7-9-15)5-6-13-4-2-11-10-13/h2,4,10,14-15H,1,3,5-9H2. The molecular formula is C10H19N3O2. The highest BCUT2D eigenvalue weighted by molar-refractivity contribution is 4.74. The smallest absolute Gasteiger partial charge is 0.0946 e. The lowest BCUT2D eigenvalue weighted by Gasteiger charge is -2.20. The first-order valence-electron chi connectivity index (χ1n) is 5.26. The molecule has 0 aliphatic rings. The predicted molar refractivity (Wildman–Crippen MR) is 57.5 cm³/mol. The third kappa shape index (κ3) is 4.92. The Hall–Kier alpha value is -0.910. The second-order valence-electron chi connectivity index (χ2n) is 3.44. The van der Waals surface area contributed by atoms with Gasteiger partial charge in [-0.2, -0.15) is 0 Å². The maximum Gasteiger partial charge on any atom is 0.0946 e. The van der Waals surface area contributed by atoms with E-state index in [1.54, 1.807) is 12.5 Å². The highest BCUT2D eigenvalue weighted by atomic mass is 16.3. The summed E-state index contributed by atoms with van der Waals surface area (Å²) in [5.74, 6) is 0. The maximum absolute atomic E-state index is 8.87. The number of aromatic nitrogens is 2. The summed E-state index contributed by atoms with van der Waals surface area (Å²) in [7, 11) is 0. The Morgan fingerprint density at radius 1 is 1.13 bits per heavy atom. The van der Waals surface area contributed by atoms with E-state index >= 15 is 0 Å². The van der Waals surface area contributed by atoms with Gasteiger partial charge in [-0.15, -0.1) is 0 Å². The van der Waals surface area contributed by atoms with Crippen molar-refractivity contribution in [3.8, 4) is 0 Å². The topological polar surface area (TPSA) is 61.5 Å². The van der Waals surface area contributed by atoms with Gasteiger partial charge in [0.25, 0.3) is 0 Å². The summed E-state index contributed by atoms with van der Waals surface area (Å²) in [4.78, 5) is 6.10. The lowest BCUT2D eigenvalue weighted by Crippen LogP contribution is -2.31. The molecule has 1 aromatic heterocycles. The van der Waals surface area contributed by atoms with Crippen LogP contribution in [-0.4, -0.2) is 57.5 Å². The molecule has 1 aromatic rings. The second kappa shape index (κ2) is 7.39. The van der Waals surface area contributed by atoms with Crippen LogP contribution in [0.1, 0.15) is 6.42 Å². The molecule has 1 heterocycles. The van der Waals surface area contributed by atoms with Crippen molar-refractivity contribution < 1.29 is 10.2 Å². The molecule has 0 aliphatic carbocycles. The summed E-state index contributed by atoms with van der Waals surface area (Å²) in [5.41, 5.74) is 0. The SMILES string of the molecule is OCCCN(CCO)CCn1ccnc1. The molecule has 0 unspecified atom stereocenters. The van der Waals surface area contributed by atoms with Crippen LogP contribution in [0.25, 0.3) is 0 Å². The largest absolute Gasteiger partial charge is 0.396 e. The lowest BCUT2D eigenvalue weighted by molar-refractivity contribution is 0.175. The Kier molecular flexibility index (Phi) is 5.99. The van der Waals surface area contributed by atoms with Gasteiger partial charge in [0.05, 0.1) is 12.9 Å². The lowest BCUT2D eigenvalue weighted by atomic mass is 10.3. The Labute approximate surface area is 90.0 Å². The fourth-order valence-electron chi connectivity index (χ4n) is 1.45. The molecule has 5 nitrogen and oxygen atoms in total. The van der Waals surface area contributed by atoms with E-state index in [0.717, 1.165) is 26.1 Å². The molecule has 0 atom stereocenters. The number of hydrogen-bond acceptors (Lipinski definition) is 4. The maximum atomic E-state index is 8.87. The van der Waals surface area contributed by atoms with Crippen molar-refractivity contribution in [3.05, 3.63) is 18.7 Å². The molecule has 86 valence electrons. The Bertz CT molecular complexity index is 239. The van der Waals surface area contributed by atoms with Crippen LogP contribution in [0.4, 0.5) is 0 Å². The summed E-state index contributed by atoms with van der Waals surface area (Å²) < 4.78 is 2.00. The van der Waals surface area contributed by atoms with Gasteiger partial charge < -0.3 is 14.8 Å². The monoisotopic (exact) mass is 213 g/mol. The fraction of sp³-hybridized carbons (Fsp3) is 0.700. The molecule has 1 rings (SSSR count). The molecule has 5 heteroatoms. The minimum Gasteiger partial charge on any atom is -0.396 e. The first-order valence-corrected chi connectivity index (χ1v) is 5.26. The van der Waals surface area contributed by atoms with Crippen LogP contribution in [0.5, 0.6) is 0 Å². The molecule has 2 N–H and O–H groups in total. The summed E-state index contributed by atoms with van der Waals surface area (Å²) in [6.45, 7) is 3.59. The van der Waals surface area contributed by atoms with Crippen LogP contribution >= 0.6 is 0 Å². The first kappa shape index (κ1) is 12.2. The number of aliphatic hydroxyl groups excluding tert-OH is 2. The Balaban J connectivity index is 2.24. The molecule has 0 fully saturated rings. The summed E-state index contributed by atoms with van der Waals surface area (Å²) in [6.07, 6.45) is 6.21. The van der Waals surface area contributed by atoms with Crippen molar-refractivity contribution >= 4 is 0 Å². The zero-order chi connectivity index (χ0) is 10.9. The van der Waals surface area contributed by atoms with Gasteiger partial charge in [-0.05, 0) is 6.42 Å². The fourth-order valence-corrected chi connectivity index (χ4v) is 1.45. The van der Waals surface area contributed by atoms with Gasteiger partial charge in [-0.3, -0.25) is 4.90 Å². The Morgan fingerprint density at radius 2 is 2.00 bits per heavy atom. The predicted octanol–water partition coefficient (Wildman–Crippen LogP) is -0.440. The van der Waals surface area contributed by atoms with Gasteiger partial charge in [0.2, 0.25) is 0 Å². The van der Waals surface area contributed by atoms with Crippen LogP contribution in [0, 0.1) is 0 Å². The minimum atomic E-state index is 0.162. The molecule has 0 bridgehead atoms. The molecule has 15 heavy (non-hydrogen) atoms. The highest BCUT2D eigenvalue weighted by Gasteiger charge is 2.03. The van der Waals surface area contributed by atoms with Crippen LogP contribution in [0.2, 0.25) is 0 Å². The van der Waals surface area contributed by atoms with Crippen LogP contribution < -0.4 is 0 Å². The summed E-state index contributed by atoms with van der Waals surface area (Å²) in [6, 6.07) is 0. The van der Waals surface area contributed by atoms with Crippen LogP contribution in [0.15, 0.2) is 18.7 Å². The highest BCUT2D eigenvalue weighted by Crippen LogP contribution is 1.94. The van der Waals surface area contributed by atoms with Crippen molar-refractivity contribution in [1.82, 2.24) is 14.5 Å². The van der Waals surface area contributed by atoms with E-state index in [4.69, 9.17) is 10.2 Å². The molecule has 0 aromatic carbocycles. The van der Waals surface area contributed by atoms with Crippen LogP contribution in [0.3, 0.4) is 0 Å². The van der Waals surface area contributed by atoms with E-state index in [-0.39, 0.29) is 13.2 Å². The molecule has 0 saturated heterocycles. The third-order valence-corrected chi connectivity index (χ3v) is 2.28. The zero-order valence-corrected chi connectivity index (χ0v) is 8.92. The average molecular weight is 213 g/mol. The van der Waals surface area contributed by atoms with Crippen LogP contribution in [-0.2, 0) is 6.54 Å². The number of aliphatic hydroxyl groups is 2. The molecule has 0 aliphatic heterocycles. The first-order chi connectivity index (χ1) is 7.36. The Morgan fingerprint density at radius 3 is 2.60 bits per heavy atom. The molecule has 0 radical (unpaired) electrons.